The summed E-state index contributed by atoms with van der Waals surface area (Å²) < 4.78 is 0. The van der Waals surface area contributed by atoms with Crippen LogP contribution in [0.4, 0.5) is 23.1 Å². The number of aromatic nitrogens is 2. The second kappa shape index (κ2) is 11.9. The van der Waals surface area contributed by atoms with Gasteiger partial charge in [-0.25, -0.2) is 4.79 Å². The van der Waals surface area contributed by atoms with Crippen molar-refractivity contribution in [3.8, 4) is 0 Å². The summed E-state index contributed by atoms with van der Waals surface area (Å²) in [4.78, 5) is 54.9. The largest absolute Gasteiger partial charge is 2.00 e. The number of amides is 1. The molecule has 2 aromatic rings. The van der Waals surface area contributed by atoms with E-state index in [0.717, 1.165) is 5.69 Å². The zero-order valence-corrected chi connectivity index (χ0v) is 20.7. The number of anilines is 4. The Morgan fingerprint density at radius 1 is 1.29 bits per heavy atom. The fourth-order valence-corrected chi connectivity index (χ4v) is 3.42. The number of nitrogens with zero attached hydrogens (tertiary/aromatic N) is 2. The van der Waals surface area contributed by atoms with Gasteiger partial charge in [0.05, 0.1) is 6.04 Å². The van der Waals surface area contributed by atoms with Crippen molar-refractivity contribution in [3.05, 3.63) is 40.2 Å². The van der Waals surface area contributed by atoms with Gasteiger partial charge < -0.3 is 39.7 Å². The van der Waals surface area contributed by atoms with Crippen molar-refractivity contribution in [1.29, 1.82) is 0 Å². The number of carboxylic acids is 2. The van der Waals surface area contributed by atoms with E-state index in [4.69, 9.17) is 10.8 Å². The van der Waals surface area contributed by atoms with Crippen molar-refractivity contribution in [1.82, 2.24) is 15.3 Å². The maximum Gasteiger partial charge on any atom is 2.00 e. The van der Waals surface area contributed by atoms with Crippen LogP contribution in [0.15, 0.2) is 29.1 Å². The molecule has 14 heteroatoms. The van der Waals surface area contributed by atoms with Crippen LogP contribution in [-0.2, 0) is 9.59 Å². The van der Waals surface area contributed by atoms with Crippen LogP contribution in [0.5, 0.6) is 0 Å². The molecule has 2 atom stereocenters. The normalized spacial score (nSPS) is 15.2. The molecule has 0 bridgehead atoms. The number of nitrogens with one attached hydrogen (secondary N) is 4. The molecule has 0 fully saturated rings. The number of carboxylic acid groups (broad SMARTS) is 2. The van der Waals surface area contributed by atoms with Crippen LogP contribution in [0.3, 0.4) is 0 Å². The van der Waals surface area contributed by atoms with Crippen molar-refractivity contribution in [2.75, 3.05) is 41.4 Å². The van der Waals surface area contributed by atoms with Gasteiger partial charge in [0, 0.05) is 37.8 Å². The summed E-state index contributed by atoms with van der Waals surface area (Å²) in [5.41, 5.74) is 6.59. The van der Waals surface area contributed by atoms with E-state index in [2.05, 4.69) is 25.9 Å². The van der Waals surface area contributed by atoms with Crippen molar-refractivity contribution in [3.63, 3.8) is 0 Å². The molecule has 180 valence electrons. The standard InChI is InChI=1S/C20H25N7O6.Ca.2H/c1-27-12(9-23-16-15(27)18(31)26-20(21)25-16)8-22-11-4-2-10(3-5-11)17(30)24-13(19(32)33)6-7-14(28)29;;;/h2-5,12-13,22H,6-9H2,1H3,(H,24,30)(H,28,29)(H,32,33)(H4,21,23,25,26,31);;;/q;+2;2*-1/t12?,13-;;;/m0.../s1. The van der Waals surface area contributed by atoms with E-state index in [-0.39, 0.29) is 76.5 Å². The SMILES string of the molecule is CN1c2c(nc(N)[nH]c2=O)NCC1CNc1ccc(C(=O)N[C@@H](CCC(=O)O)C(=O)O)cc1.[Ca+2].[H-].[H-]. The maximum atomic E-state index is 12.3. The number of aromatic amines is 1. The van der Waals surface area contributed by atoms with E-state index >= 15 is 0 Å². The van der Waals surface area contributed by atoms with E-state index in [1.165, 1.54) is 12.1 Å². The zero-order chi connectivity index (χ0) is 24.1. The predicted octanol–water partition coefficient (Wildman–Crippen LogP) is -0.413. The second-order valence-corrected chi connectivity index (χ2v) is 7.55. The van der Waals surface area contributed by atoms with Crippen molar-refractivity contribution >= 4 is 78.7 Å². The second-order valence-electron chi connectivity index (χ2n) is 7.55. The smallest absolute Gasteiger partial charge is 1.00 e. The zero-order valence-electron chi connectivity index (χ0n) is 20.5. The molecule has 8 N–H and O–H groups in total. The number of carbonyl (C=O) groups is 3. The Hall–Kier alpha value is -3.03. The Morgan fingerprint density at radius 3 is 2.59 bits per heavy atom. The fourth-order valence-electron chi connectivity index (χ4n) is 3.42. The third-order valence-corrected chi connectivity index (χ3v) is 5.26. The minimum Gasteiger partial charge on any atom is -1.00 e. The monoisotopic (exact) mass is 501 g/mol. The molecule has 1 aliphatic heterocycles. The summed E-state index contributed by atoms with van der Waals surface area (Å²) in [5, 5.41) is 26.6. The van der Waals surface area contributed by atoms with Gasteiger partial charge >= 0.3 is 49.7 Å². The average Bonchev–Trinajstić information content (AvgIpc) is 2.75. The number of hydrogen-bond acceptors (Lipinski definition) is 9. The van der Waals surface area contributed by atoms with E-state index in [1.807, 2.05) is 4.90 Å². The van der Waals surface area contributed by atoms with Gasteiger partial charge in [-0.15, -0.1) is 0 Å². The summed E-state index contributed by atoms with van der Waals surface area (Å²) in [6, 6.07) is 5.03. The minimum absolute atomic E-state index is 0. The molecular weight excluding hydrogens is 474 g/mol. The molecule has 34 heavy (non-hydrogen) atoms. The molecule has 1 aliphatic rings. The van der Waals surface area contributed by atoms with Gasteiger partial charge in [0.15, 0.2) is 5.82 Å². The molecule has 2 heterocycles. The first-order valence-corrected chi connectivity index (χ1v) is 10.1. The molecule has 0 radical (unpaired) electrons. The van der Waals surface area contributed by atoms with Gasteiger partial charge in [0.25, 0.3) is 11.5 Å². The molecule has 0 spiro atoms. The number of nitrogen functional groups attached to an aromatic ring is 1. The number of fused-ring (bicyclic) bond motifs is 1. The van der Waals surface area contributed by atoms with Crippen LogP contribution in [-0.4, -0.2) is 108 Å². The predicted molar refractivity (Wildman–Crippen MR) is 129 cm³/mol. The molecule has 1 unspecified atom stereocenters. The summed E-state index contributed by atoms with van der Waals surface area (Å²) >= 11 is 0. The average molecular weight is 502 g/mol. The quantitative estimate of drug-likeness (QED) is 0.220. The Labute approximate surface area is 227 Å². The molecule has 13 nitrogen and oxygen atoms in total. The third kappa shape index (κ3) is 6.74. The van der Waals surface area contributed by atoms with E-state index in [9.17, 15) is 24.3 Å². The Morgan fingerprint density at radius 2 is 1.97 bits per heavy atom. The molecule has 0 saturated carbocycles. The van der Waals surface area contributed by atoms with Gasteiger partial charge in [0.1, 0.15) is 11.7 Å². The van der Waals surface area contributed by atoms with Crippen LogP contribution in [0.1, 0.15) is 26.1 Å². The number of hydrogen-bond donors (Lipinski definition) is 7. The number of aliphatic carboxylic acids is 2. The Balaban J connectivity index is 0.00000408. The van der Waals surface area contributed by atoms with Crippen LogP contribution < -0.4 is 32.1 Å². The van der Waals surface area contributed by atoms with Crippen molar-refractivity contribution in [2.45, 2.75) is 24.9 Å². The number of likely N-dealkylation sites (N-methyl/N-ethyl adjacent to an activating group) is 1. The van der Waals surface area contributed by atoms with Crippen LogP contribution >= 0.6 is 0 Å². The molecule has 0 aliphatic carbocycles. The van der Waals surface area contributed by atoms with E-state index < -0.39 is 23.9 Å². The summed E-state index contributed by atoms with van der Waals surface area (Å²) in [7, 11) is 1.79. The minimum atomic E-state index is -1.30. The van der Waals surface area contributed by atoms with Crippen LogP contribution in [0.25, 0.3) is 0 Å². The number of rotatable bonds is 9. The van der Waals surface area contributed by atoms with Gasteiger partial charge in [0.2, 0.25) is 5.95 Å². The number of benzene rings is 1. The molecule has 1 aromatic carbocycles. The molecule has 1 amide bonds. The first kappa shape index (κ1) is 27.2. The summed E-state index contributed by atoms with van der Waals surface area (Å²) in [5.74, 6) is -2.59. The fraction of sp³-hybridized carbons (Fsp3) is 0.350. The van der Waals surface area contributed by atoms with E-state index in [1.54, 1.807) is 19.2 Å². The van der Waals surface area contributed by atoms with Gasteiger partial charge in [-0.1, -0.05) is 0 Å². The molecule has 1 aromatic heterocycles. The van der Waals surface area contributed by atoms with Gasteiger partial charge in [-0.05, 0) is 30.7 Å². The summed E-state index contributed by atoms with van der Waals surface area (Å²) in [6.45, 7) is 1.01. The topological polar surface area (TPSA) is 203 Å². The van der Waals surface area contributed by atoms with E-state index in [0.29, 0.717) is 24.6 Å². The Kier molecular flexibility index (Phi) is 9.53. The molecule has 0 saturated heterocycles. The van der Waals surface area contributed by atoms with Crippen LogP contribution in [0.2, 0.25) is 0 Å². The van der Waals surface area contributed by atoms with Crippen molar-refractivity contribution in [2.24, 2.45) is 0 Å². The molecule has 3 rings (SSSR count). The first-order chi connectivity index (χ1) is 15.7. The first-order valence-electron chi connectivity index (χ1n) is 10.1. The number of carbonyl (C=O) groups excluding carboxylic acids is 1. The number of H-pyrrole nitrogens is 1. The van der Waals surface area contributed by atoms with Crippen LogP contribution in [0, 0.1) is 0 Å². The van der Waals surface area contributed by atoms with Crippen molar-refractivity contribution < 1.29 is 27.4 Å². The third-order valence-electron chi connectivity index (χ3n) is 5.26. The van der Waals surface area contributed by atoms with Gasteiger partial charge in [-0.3, -0.25) is 19.4 Å². The summed E-state index contributed by atoms with van der Waals surface area (Å²) in [6.07, 6.45) is -0.586. The Bertz CT molecular complexity index is 1120. The maximum absolute atomic E-state index is 12.3. The van der Waals surface area contributed by atoms with Gasteiger partial charge in [-0.2, -0.15) is 4.98 Å². The molecular formula is C20H27CaN7O6. The number of nitrogens with two attached hydrogens (primary N) is 1.